The summed E-state index contributed by atoms with van der Waals surface area (Å²) >= 11 is 0. The van der Waals surface area contributed by atoms with E-state index in [0.29, 0.717) is 0 Å². The minimum atomic E-state index is -4.55. The van der Waals surface area contributed by atoms with Gasteiger partial charge in [-0.1, -0.05) is 30.8 Å². The Morgan fingerprint density at radius 2 is 1.28 bits per heavy atom. The lowest BCUT2D eigenvalue weighted by Gasteiger charge is -2.19. The first-order valence-corrected chi connectivity index (χ1v) is 8.98. The first-order valence-electron chi connectivity index (χ1n) is 8.98. The normalized spacial score (nSPS) is 13.9. The Morgan fingerprint density at radius 1 is 0.781 bits per heavy atom. The molecule has 32 heavy (non-hydrogen) atoms. The van der Waals surface area contributed by atoms with Gasteiger partial charge in [0.2, 0.25) is 0 Å². The van der Waals surface area contributed by atoms with Crippen molar-refractivity contribution in [3.8, 4) is 0 Å². The molecule has 4 rings (SSSR count). The molecule has 2 heterocycles. The zero-order chi connectivity index (χ0) is 23.3. The summed E-state index contributed by atoms with van der Waals surface area (Å²) in [5.41, 5.74) is -1.66. The summed E-state index contributed by atoms with van der Waals surface area (Å²) in [5.74, 6) is 0.0179. The fourth-order valence-corrected chi connectivity index (χ4v) is 3.11. The summed E-state index contributed by atoms with van der Waals surface area (Å²) in [6, 6.07) is 8.12. The second kappa shape index (κ2) is 7.36. The SMILES string of the molecule is C=c1nc2c(c(=O)[nH]1)=NC(c1ccc(C(F)(F)F)cc1)=C(c1ccc(C(F)(F)F)cc1)N2. The third-order valence-electron chi connectivity index (χ3n) is 4.63. The Bertz CT molecular complexity index is 1390. The maximum absolute atomic E-state index is 12.9. The Labute approximate surface area is 175 Å². The molecule has 1 aliphatic heterocycles. The third kappa shape index (κ3) is 4.01. The summed E-state index contributed by atoms with van der Waals surface area (Å²) in [5, 5.41) is 2.72. The third-order valence-corrected chi connectivity index (χ3v) is 4.63. The van der Waals surface area contributed by atoms with Gasteiger partial charge in [-0.15, -0.1) is 0 Å². The predicted molar refractivity (Wildman–Crippen MR) is 104 cm³/mol. The summed E-state index contributed by atoms with van der Waals surface area (Å²) < 4.78 is 77.6. The van der Waals surface area contributed by atoms with Crippen molar-refractivity contribution in [2.45, 2.75) is 12.4 Å². The Kier molecular flexibility index (Phi) is 4.91. The van der Waals surface area contributed by atoms with Crippen LogP contribution >= 0.6 is 0 Å². The number of nitrogens with one attached hydrogen (secondary N) is 2. The van der Waals surface area contributed by atoms with Crippen LogP contribution in [0.5, 0.6) is 0 Å². The van der Waals surface area contributed by atoms with Crippen LogP contribution in [0.2, 0.25) is 0 Å². The molecule has 1 aliphatic rings. The average Bonchev–Trinajstić information content (AvgIpc) is 2.72. The highest BCUT2D eigenvalue weighted by molar-refractivity contribution is 5.96. The molecule has 0 aliphatic carbocycles. The van der Waals surface area contributed by atoms with Crippen molar-refractivity contribution < 1.29 is 26.3 Å². The van der Waals surface area contributed by atoms with Gasteiger partial charge in [0.1, 0.15) is 5.48 Å². The molecule has 0 radical (unpaired) electrons. The molecule has 0 fully saturated rings. The molecule has 0 spiro atoms. The molecule has 0 unspecified atom stereocenters. The lowest BCUT2D eigenvalue weighted by atomic mass is 10.0. The van der Waals surface area contributed by atoms with Gasteiger partial charge >= 0.3 is 12.4 Å². The number of aromatic amines is 1. The maximum atomic E-state index is 12.9. The lowest BCUT2D eigenvalue weighted by molar-refractivity contribution is -0.138. The summed E-state index contributed by atoms with van der Waals surface area (Å²) in [6.07, 6.45) is -9.10. The van der Waals surface area contributed by atoms with E-state index in [1.165, 1.54) is 12.1 Å². The number of alkyl halides is 6. The van der Waals surface area contributed by atoms with Crippen molar-refractivity contribution >= 4 is 23.8 Å². The van der Waals surface area contributed by atoms with Crippen LogP contribution in [-0.4, -0.2) is 9.97 Å². The molecule has 2 N–H and O–H groups in total. The predicted octanol–water partition coefficient (Wildman–Crippen LogP) is 3.79. The van der Waals surface area contributed by atoms with Crippen LogP contribution < -0.4 is 21.7 Å². The van der Waals surface area contributed by atoms with Crippen LogP contribution in [0.1, 0.15) is 22.3 Å². The number of fused-ring (bicyclic) bond motifs is 1. The molecule has 5 nitrogen and oxygen atoms in total. The van der Waals surface area contributed by atoms with Crippen molar-refractivity contribution in [3.05, 3.63) is 92.0 Å². The highest BCUT2D eigenvalue weighted by atomic mass is 19.4. The number of nitrogens with zero attached hydrogens (tertiary/aromatic N) is 2. The van der Waals surface area contributed by atoms with Crippen molar-refractivity contribution in [1.82, 2.24) is 9.97 Å². The fourth-order valence-electron chi connectivity index (χ4n) is 3.11. The summed E-state index contributed by atoms with van der Waals surface area (Å²) in [7, 11) is 0. The van der Waals surface area contributed by atoms with Gasteiger partial charge < -0.3 is 10.3 Å². The smallest absolute Gasteiger partial charge is 0.336 e. The number of halogens is 6. The van der Waals surface area contributed by atoms with E-state index >= 15 is 0 Å². The molecule has 0 saturated carbocycles. The Balaban J connectivity index is 1.92. The Morgan fingerprint density at radius 3 is 1.78 bits per heavy atom. The van der Waals surface area contributed by atoms with E-state index in [1.807, 2.05) is 0 Å². The summed E-state index contributed by atoms with van der Waals surface area (Å²) in [4.78, 5) is 23.0. The van der Waals surface area contributed by atoms with E-state index in [4.69, 9.17) is 0 Å². The number of benzene rings is 2. The van der Waals surface area contributed by atoms with Gasteiger partial charge in [-0.05, 0) is 24.3 Å². The molecule has 0 amide bonds. The Hall–Kier alpha value is -3.89. The van der Waals surface area contributed by atoms with E-state index in [1.54, 1.807) is 0 Å². The molecule has 0 bridgehead atoms. The zero-order valence-corrected chi connectivity index (χ0v) is 15.9. The fraction of sp³-hybridized carbons (Fsp3) is 0.0952. The molecule has 11 heteroatoms. The first kappa shape index (κ1) is 21.3. The minimum Gasteiger partial charge on any atom is -0.336 e. The van der Waals surface area contributed by atoms with Gasteiger partial charge in [-0.3, -0.25) is 4.79 Å². The second-order valence-corrected chi connectivity index (χ2v) is 6.82. The first-order chi connectivity index (χ1) is 14.9. The second-order valence-electron chi connectivity index (χ2n) is 6.82. The van der Waals surface area contributed by atoms with Crippen molar-refractivity contribution in [2.24, 2.45) is 4.99 Å². The molecule has 1 aromatic heterocycles. The minimum absolute atomic E-state index is 0.0179. The number of rotatable bonds is 2. The number of hydrogen-bond donors (Lipinski definition) is 2. The standard InChI is InChI=1S/C21H12F6N4O/c1-10-28-18-17(19(32)29-10)30-15(11-2-6-13(7-3-11)20(22,23)24)16(31-18)12-4-8-14(9-5-12)21(25,26)27/h2-9H,1H2,(H,28,31)(H,29,32). The molecule has 164 valence electrons. The van der Waals surface area contributed by atoms with E-state index in [2.05, 4.69) is 26.9 Å². The van der Waals surface area contributed by atoms with Crippen LogP contribution in [0.4, 0.5) is 32.2 Å². The largest absolute Gasteiger partial charge is 0.416 e. The van der Waals surface area contributed by atoms with Gasteiger partial charge in [-0.25, -0.2) is 9.98 Å². The van der Waals surface area contributed by atoms with E-state index in [9.17, 15) is 31.1 Å². The van der Waals surface area contributed by atoms with Gasteiger partial charge in [0.15, 0.2) is 11.2 Å². The molecule has 0 saturated heterocycles. The number of hydrogen-bond acceptors (Lipinski definition) is 4. The van der Waals surface area contributed by atoms with Crippen LogP contribution in [-0.2, 0) is 12.4 Å². The van der Waals surface area contributed by atoms with Crippen molar-refractivity contribution in [3.63, 3.8) is 0 Å². The molecular formula is C21H12F6N4O. The monoisotopic (exact) mass is 450 g/mol. The molecular weight excluding hydrogens is 438 g/mol. The highest BCUT2D eigenvalue weighted by Crippen LogP contribution is 2.35. The number of aromatic nitrogens is 2. The van der Waals surface area contributed by atoms with E-state index in [0.717, 1.165) is 36.4 Å². The van der Waals surface area contributed by atoms with Gasteiger partial charge in [-0.2, -0.15) is 26.3 Å². The van der Waals surface area contributed by atoms with Crippen LogP contribution in [0.15, 0.2) is 58.3 Å². The van der Waals surface area contributed by atoms with Gasteiger partial charge in [0.05, 0.1) is 22.5 Å². The lowest BCUT2D eigenvalue weighted by Crippen LogP contribution is -2.39. The molecule has 3 aromatic rings. The number of H-pyrrole nitrogens is 1. The van der Waals surface area contributed by atoms with Crippen molar-refractivity contribution in [1.29, 1.82) is 0 Å². The highest BCUT2D eigenvalue weighted by Gasteiger charge is 2.31. The summed E-state index contributed by atoms with van der Waals surface area (Å²) in [6.45, 7) is 3.54. The van der Waals surface area contributed by atoms with Crippen LogP contribution in [0.3, 0.4) is 0 Å². The van der Waals surface area contributed by atoms with Crippen LogP contribution in [0, 0.1) is 0 Å². The topological polar surface area (TPSA) is 70.1 Å². The number of anilines is 1. The van der Waals surface area contributed by atoms with E-state index < -0.39 is 29.0 Å². The van der Waals surface area contributed by atoms with Crippen molar-refractivity contribution in [2.75, 3.05) is 5.32 Å². The average molecular weight is 450 g/mol. The van der Waals surface area contributed by atoms with Gasteiger partial charge in [0, 0.05) is 11.1 Å². The maximum Gasteiger partial charge on any atom is 0.416 e. The van der Waals surface area contributed by atoms with Gasteiger partial charge in [0.25, 0.3) is 5.56 Å². The van der Waals surface area contributed by atoms with E-state index in [-0.39, 0.29) is 39.2 Å². The zero-order valence-electron chi connectivity index (χ0n) is 15.9. The molecule has 0 atom stereocenters. The quantitative estimate of drug-likeness (QED) is 0.584. The van der Waals surface area contributed by atoms with Crippen LogP contribution in [0.25, 0.3) is 18.0 Å². The molecule has 2 aromatic carbocycles.